The molecule has 1 aromatic carbocycles. The molecule has 0 saturated heterocycles. The van der Waals surface area contributed by atoms with Crippen LogP contribution in [0.4, 0.5) is 5.69 Å². The maximum Gasteiger partial charge on any atom is 0.234 e. The van der Waals surface area contributed by atoms with Gasteiger partial charge in [-0.3, -0.25) is 0 Å². The highest BCUT2D eigenvalue weighted by molar-refractivity contribution is 7.19. The van der Waals surface area contributed by atoms with Crippen molar-refractivity contribution in [1.29, 1.82) is 0 Å². The number of anilines is 1. The summed E-state index contributed by atoms with van der Waals surface area (Å²) in [6, 6.07) is 7.77. The van der Waals surface area contributed by atoms with Crippen LogP contribution in [0.25, 0.3) is 15.5 Å². The van der Waals surface area contributed by atoms with E-state index in [9.17, 15) is 0 Å². The third-order valence-electron chi connectivity index (χ3n) is 3.15. The van der Waals surface area contributed by atoms with Crippen LogP contribution >= 0.6 is 11.3 Å². The predicted octanol–water partition coefficient (Wildman–Crippen LogP) is 2.31. The molecule has 18 heavy (non-hydrogen) atoms. The quantitative estimate of drug-likeness (QED) is 0.715. The molecule has 0 unspecified atom stereocenters. The molecule has 6 heteroatoms. The first-order valence-corrected chi connectivity index (χ1v) is 6.71. The van der Waals surface area contributed by atoms with Gasteiger partial charge in [-0.05, 0) is 25.0 Å². The Kier molecular flexibility index (Phi) is 1.96. The smallest absolute Gasteiger partial charge is 0.234 e. The fourth-order valence-electron chi connectivity index (χ4n) is 2.03. The van der Waals surface area contributed by atoms with E-state index < -0.39 is 0 Å². The zero-order valence-electron chi connectivity index (χ0n) is 9.58. The van der Waals surface area contributed by atoms with Crippen LogP contribution in [-0.4, -0.2) is 19.8 Å². The van der Waals surface area contributed by atoms with Crippen molar-refractivity contribution in [2.75, 3.05) is 5.73 Å². The van der Waals surface area contributed by atoms with Crippen LogP contribution in [0, 0.1) is 0 Å². The van der Waals surface area contributed by atoms with E-state index in [1.165, 1.54) is 24.2 Å². The first kappa shape index (κ1) is 10.0. The minimum Gasteiger partial charge on any atom is -0.398 e. The zero-order valence-corrected chi connectivity index (χ0v) is 10.4. The van der Waals surface area contributed by atoms with Crippen molar-refractivity contribution < 1.29 is 0 Å². The molecule has 0 amide bonds. The van der Waals surface area contributed by atoms with Gasteiger partial charge < -0.3 is 5.73 Å². The molecule has 1 fully saturated rings. The number of fused-ring (bicyclic) bond motifs is 1. The Balaban J connectivity index is 1.89. The number of nitrogens with zero attached hydrogens (tertiary/aromatic N) is 4. The lowest BCUT2D eigenvalue weighted by Crippen LogP contribution is -1.94. The van der Waals surface area contributed by atoms with Gasteiger partial charge in [0.2, 0.25) is 4.96 Å². The van der Waals surface area contributed by atoms with Crippen molar-refractivity contribution in [3.8, 4) is 10.6 Å². The van der Waals surface area contributed by atoms with Crippen LogP contribution in [-0.2, 0) is 0 Å². The highest BCUT2D eigenvalue weighted by Crippen LogP contribution is 2.40. The second-order valence-electron chi connectivity index (χ2n) is 4.52. The maximum absolute atomic E-state index is 5.97. The third kappa shape index (κ3) is 1.42. The number of benzene rings is 1. The van der Waals surface area contributed by atoms with E-state index in [1.54, 1.807) is 0 Å². The van der Waals surface area contributed by atoms with Crippen molar-refractivity contribution in [3.63, 3.8) is 0 Å². The summed E-state index contributed by atoms with van der Waals surface area (Å²) in [6.07, 6.45) is 2.39. The molecule has 5 nitrogen and oxygen atoms in total. The first-order chi connectivity index (χ1) is 8.83. The average molecular weight is 257 g/mol. The Morgan fingerprint density at radius 3 is 2.83 bits per heavy atom. The standard InChI is InChI=1S/C12H11N5S/c13-9-4-2-1-3-8(9)11-16-17-10(7-5-6-7)14-15-12(17)18-11/h1-4,7H,5-6,13H2. The van der Waals surface area contributed by atoms with Crippen molar-refractivity contribution in [2.45, 2.75) is 18.8 Å². The van der Waals surface area contributed by atoms with Gasteiger partial charge in [-0.1, -0.05) is 23.5 Å². The number of aromatic nitrogens is 4. The summed E-state index contributed by atoms with van der Waals surface area (Å²) in [5, 5.41) is 13.9. The van der Waals surface area contributed by atoms with Gasteiger partial charge >= 0.3 is 0 Å². The van der Waals surface area contributed by atoms with Gasteiger partial charge in [0.1, 0.15) is 5.01 Å². The molecule has 1 aliphatic carbocycles. The molecule has 2 aromatic heterocycles. The summed E-state index contributed by atoms with van der Waals surface area (Å²) in [5.41, 5.74) is 7.69. The van der Waals surface area contributed by atoms with Gasteiger partial charge in [0.25, 0.3) is 0 Å². The summed E-state index contributed by atoms with van der Waals surface area (Å²) in [6.45, 7) is 0. The normalized spacial score (nSPS) is 15.3. The Labute approximate surface area is 107 Å². The minimum atomic E-state index is 0.545. The molecule has 0 radical (unpaired) electrons. The molecule has 1 aliphatic rings. The van der Waals surface area contributed by atoms with E-state index >= 15 is 0 Å². The van der Waals surface area contributed by atoms with E-state index in [1.807, 2.05) is 28.8 Å². The minimum absolute atomic E-state index is 0.545. The summed E-state index contributed by atoms with van der Waals surface area (Å²) < 4.78 is 1.87. The molecule has 0 aliphatic heterocycles. The second-order valence-corrected chi connectivity index (χ2v) is 5.48. The van der Waals surface area contributed by atoms with E-state index in [0.717, 1.165) is 27.0 Å². The Bertz CT molecular complexity index is 725. The van der Waals surface area contributed by atoms with Crippen LogP contribution in [0.3, 0.4) is 0 Å². The maximum atomic E-state index is 5.97. The highest BCUT2D eigenvalue weighted by atomic mass is 32.1. The van der Waals surface area contributed by atoms with Gasteiger partial charge in [-0.15, -0.1) is 10.2 Å². The van der Waals surface area contributed by atoms with Gasteiger partial charge in [-0.2, -0.15) is 9.61 Å². The fraction of sp³-hybridized carbons (Fsp3) is 0.250. The van der Waals surface area contributed by atoms with E-state index in [2.05, 4.69) is 15.3 Å². The number of hydrogen-bond acceptors (Lipinski definition) is 5. The summed E-state index contributed by atoms with van der Waals surface area (Å²) in [5.74, 6) is 1.53. The van der Waals surface area contributed by atoms with Crippen LogP contribution in [0.15, 0.2) is 24.3 Å². The number of nitrogens with two attached hydrogens (primary N) is 1. The number of para-hydroxylation sites is 1. The molecular weight excluding hydrogens is 246 g/mol. The molecule has 90 valence electrons. The van der Waals surface area contributed by atoms with Crippen LogP contribution in [0.2, 0.25) is 0 Å². The third-order valence-corrected chi connectivity index (χ3v) is 4.08. The van der Waals surface area contributed by atoms with Crippen LogP contribution in [0.5, 0.6) is 0 Å². The summed E-state index contributed by atoms with van der Waals surface area (Å²) >= 11 is 1.53. The van der Waals surface area contributed by atoms with Crippen LogP contribution < -0.4 is 5.73 Å². The SMILES string of the molecule is Nc1ccccc1-c1nn2c(C3CC3)nnc2s1. The monoisotopic (exact) mass is 257 g/mol. The lowest BCUT2D eigenvalue weighted by atomic mass is 10.2. The summed E-state index contributed by atoms with van der Waals surface area (Å²) in [7, 11) is 0. The number of nitrogen functional groups attached to an aromatic ring is 1. The molecule has 1 saturated carbocycles. The molecule has 0 atom stereocenters. The lowest BCUT2D eigenvalue weighted by molar-refractivity contribution is 0.828. The number of rotatable bonds is 2. The predicted molar refractivity (Wildman–Crippen MR) is 70.5 cm³/mol. The van der Waals surface area contributed by atoms with Crippen molar-refractivity contribution in [2.24, 2.45) is 0 Å². The van der Waals surface area contributed by atoms with E-state index in [0.29, 0.717) is 5.92 Å². The molecule has 0 spiro atoms. The summed E-state index contributed by atoms with van der Waals surface area (Å²) in [4.78, 5) is 0.843. The molecule has 0 bridgehead atoms. The first-order valence-electron chi connectivity index (χ1n) is 5.90. The van der Waals surface area contributed by atoms with Crippen molar-refractivity contribution in [3.05, 3.63) is 30.1 Å². The van der Waals surface area contributed by atoms with Crippen LogP contribution in [0.1, 0.15) is 24.6 Å². The Morgan fingerprint density at radius 1 is 1.22 bits per heavy atom. The Hall–Kier alpha value is -1.95. The topological polar surface area (TPSA) is 69.1 Å². The molecular formula is C12H11N5S. The van der Waals surface area contributed by atoms with Gasteiger partial charge in [0.05, 0.1) is 0 Å². The van der Waals surface area contributed by atoms with Crippen molar-refractivity contribution in [1.82, 2.24) is 19.8 Å². The fourth-order valence-corrected chi connectivity index (χ4v) is 2.92. The second kappa shape index (κ2) is 3.52. The van der Waals surface area contributed by atoms with Crippen molar-refractivity contribution >= 4 is 22.0 Å². The highest BCUT2D eigenvalue weighted by Gasteiger charge is 2.30. The van der Waals surface area contributed by atoms with Gasteiger partial charge in [0.15, 0.2) is 5.82 Å². The van der Waals surface area contributed by atoms with Gasteiger partial charge in [-0.25, -0.2) is 0 Å². The van der Waals surface area contributed by atoms with E-state index in [-0.39, 0.29) is 0 Å². The molecule has 2 N–H and O–H groups in total. The molecule has 2 heterocycles. The number of hydrogen-bond donors (Lipinski definition) is 1. The molecule has 4 rings (SSSR count). The van der Waals surface area contributed by atoms with E-state index in [4.69, 9.17) is 5.73 Å². The van der Waals surface area contributed by atoms with Gasteiger partial charge in [0, 0.05) is 17.2 Å². The zero-order chi connectivity index (χ0) is 12.1. The Morgan fingerprint density at radius 2 is 2.06 bits per heavy atom. The average Bonchev–Trinajstić information content (AvgIpc) is 3.00. The lowest BCUT2D eigenvalue weighted by Gasteiger charge is -1.99. The molecule has 3 aromatic rings. The largest absolute Gasteiger partial charge is 0.398 e.